The van der Waals surface area contributed by atoms with Crippen LogP contribution in [0.4, 0.5) is 10.5 Å². The molecule has 0 atom stereocenters. The third kappa shape index (κ3) is 4.54. The number of carbonyl (C=O) groups excluding carboxylic acids is 3. The van der Waals surface area contributed by atoms with Crippen LogP contribution in [-0.2, 0) is 9.59 Å². The van der Waals surface area contributed by atoms with E-state index in [4.69, 9.17) is 27.6 Å². The Morgan fingerprint density at radius 3 is 2.45 bits per heavy atom. The average Bonchev–Trinajstić information content (AvgIpc) is 3.16. The van der Waals surface area contributed by atoms with Gasteiger partial charge in [0.25, 0.3) is 11.8 Å². The van der Waals surface area contributed by atoms with Crippen molar-refractivity contribution in [3.63, 3.8) is 0 Å². The molecular formula is C22H14Cl2N2O4S. The van der Waals surface area contributed by atoms with Crippen LogP contribution in [-0.4, -0.2) is 17.8 Å². The Morgan fingerprint density at radius 1 is 1.00 bits per heavy atom. The Balaban J connectivity index is 1.60. The van der Waals surface area contributed by atoms with E-state index in [-0.39, 0.29) is 11.3 Å². The normalized spacial score (nSPS) is 15.5. The van der Waals surface area contributed by atoms with E-state index in [0.717, 1.165) is 15.4 Å². The molecular weight excluding hydrogens is 459 g/mol. The molecule has 3 aromatic rings. The molecule has 1 saturated heterocycles. The lowest BCUT2D eigenvalue weighted by Gasteiger charge is -2.26. The SMILES string of the molecule is Cc1ccc(N2C(=O)NC(=O)C(=Cc3ccc(Sc4ccc(Cl)cc4)o3)C2=O)cc1Cl. The first-order chi connectivity index (χ1) is 14.8. The van der Waals surface area contributed by atoms with E-state index in [1.807, 2.05) is 12.1 Å². The Bertz CT molecular complexity index is 1230. The molecule has 1 aromatic heterocycles. The van der Waals surface area contributed by atoms with Gasteiger partial charge in [0.15, 0.2) is 5.09 Å². The van der Waals surface area contributed by atoms with Gasteiger partial charge in [0.1, 0.15) is 11.3 Å². The third-order valence-corrected chi connectivity index (χ3v) is 6.02. The van der Waals surface area contributed by atoms with Gasteiger partial charge in [0.2, 0.25) is 0 Å². The lowest BCUT2D eigenvalue weighted by atomic mass is 10.1. The maximum Gasteiger partial charge on any atom is 0.335 e. The highest BCUT2D eigenvalue weighted by Crippen LogP contribution is 2.31. The molecule has 2 heterocycles. The number of benzene rings is 2. The zero-order valence-electron chi connectivity index (χ0n) is 16.0. The summed E-state index contributed by atoms with van der Waals surface area (Å²) in [7, 11) is 0. The third-order valence-electron chi connectivity index (χ3n) is 4.44. The van der Waals surface area contributed by atoms with Crippen molar-refractivity contribution < 1.29 is 18.8 Å². The van der Waals surface area contributed by atoms with Crippen molar-refractivity contribution in [2.24, 2.45) is 0 Å². The van der Waals surface area contributed by atoms with Crippen molar-refractivity contribution in [3.05, 3.63) is 81.5 Å². The van der Waals surface area contributed by atoms with Gasteiger partial charge in [-0.15, -0.1) is 0 Å². The van der Waals surface area contributed by atoms with E-state index in [1.165, 1.54) is 23.9 Å². The molecule has 1 aliphatic heterocycles. The summed E-state index contributed by atoms with van der Waals surface area (Å²) in [6.45, 7) is 1.80. The van der Waals surface area contributed by atoms with E-state index in [9.17, 15) is 14.4 Å². The highest BCUT2D eigenvalue weighted by Gasteiger charge is 2.37. The summed E-state index contributed by atoms with van der Waals surface area (Å²) in [6, 6.07) is 14.5. The molecule has 156 valence electrons. The van der Waals surface area contributed by atoms with Gasteiger partial charge in [0, 0.05) is 14.9 Å². The second-order valence-corrected chi connectivity index (χ2v) is 8.53. The van der Waals surface area contributed by atoms with Crippen LogP contribution in [0.3, 0.4) is 0 Å². The van der Waals surface area contributed by atoms with Crippen molar-refractivity contribution in [3.8, 4) is 0 Å². The first kappa shape index (κ1) is 21.2. The predicted molar refractivity (Wildman–Crippen MR) is 119 cm³/mol. The van der Waals surface area contributed by atoms with Crippen molar-refractivity contribution >= 4 is 64.6 Å². The molecule has 1 fully saturated rings. The number of hydrogen-bond acceptors (Lipinski definition) is 5. The molecule has 2 aromatic carbocycles. The van der Waals surface area contributed by atoms with Crippen LogP contribution < -0.4 is 10.2 Å². The van der Waals surface area contributed by atoms with Crippen LogP contribution in [0, 0.1) is 6.92 Å². The lowest BCUT2D eigenvalue weighted by Crippen LogP contribution is -2.54. The summed E-state index contributed by atoms with van der Waals surface area (Å²) < 4.78 is 5.72. The van der Waals surface area contributed by atoms with Crippen LogP contribution in [0.15, 0.2) is 74.6 Å². The number of rotatable bonds is 4. The molecule has 31 heavy (non-hydrogen) atoms. The zero-order chi connectivity index (χ0) is 22.1. The van der Waals surface area contributed by atoms with Gasteiger partial charge in [-0.05, 0) is 67.1 Å². The molecule has 6 nitrogen and oxygen atoms in total. The summed E-state index contributed by atoms with van der Waals surface area (Å²) in [5, 5.41) is 3.77. The zero-order valence-corrected chi connectivity index (χ0v) is 18.3. The number of urea groups is 1. The fourth-order valence-electron chi connectivity index (χ4n) is 2.84. The highest BCUT2D eigenvalue weighted by atomic mass is 35.5. The number of amides is 4. The van der Waals surface area contributed by atoms with Crippen molar-refractivity contribution in [1.29, 1.82) is 0 Å². The minimum atomic E-state index is -0.842. The molecule has 0 unspecified atom stereocenters. The first-order valence-electron chi connectivity index (χ1n) is 9.03. The van der Waals surface area contributed by atoms with E-state index < -0.39 is 17.8 Å². The number of halogens is 2. The van der Waals surface area contributed by atoms with E-state index in [0.29, 0.717) is 20.9 Å². The summed E-state index contributed by atoms with van der Waals surface area (Å²) >= 11 is 13.4. The quantitative estimate of drug-likeness (QED) is 0.388. The summed E-state index contributed by atoms with van der Waals surface area (Å²) in [5.41, 5.74) is 0.826. The molecule has 0 radical (unpaired) electrons. The van der Waals surface area contributed by atoms with Gasteiger partial charge in [0.05, 0.1) is 5.69 Å². The Labute approximate surface area is 191 Å². The van der Waals surface area contributed by atoms with E-state index in [2.05, 4.69) is 5.32 Å². The largest absolute Gasteiger partial charge is 0.450 e. The topological polar surface area (TPSA) is 79.6 Å². The van der Waals surface area contributed by atoms with Crippen molar-refractivity contribution in [2.75, 3.05) is 4.90 Å². The first-order valence-corrected chi connectivity index (χ1v) is 10.6. The number of imide groups is 2. The fraction of sp³-hybridized carbons (Fsp3) is 0.0455. The summed E-state index contributed by atoms with van der Waals surface area (Å²) in [6.07, 6.45) is 1.30. The van der Waals surface area contributed by atoms with E-state index in [1.54, 1.807) is 43.3 Å². The Hall–Kier alpha value is -3.00. The molecule has 0 aliphatic carbocycles. The molecule has 9 heteroatoms. The maximum atomic E-state index is 13.0. The Kier molecular flexibility index (Phi) is 5.91. The smallest absolute Gasteiger partial charge is 0.335 e. The van der Waals surface area contributed by atoms with Crippen LogP contribution in [0.25, 0.3) is 6.08 Å². The average molecular weight is 473 g/mol. The lowest BCUT2D eigenvalue weighted by molar-refractivity contribution is -0.122. The molecule has 4 rings (SSSR count). The molecule has 0 saturated carbocycles. The number of nitrogens with one attached hydrogen (secondary N) is 1. The number of hydrogen-bond donors (Lipinski definition) is 1. The fourth-order valence-corrected chi connectivity index (χ4v) is 3.92. The van der Waals surface area contributed by atoms with Crippen LogP contribution in [0.2, 0.25) is 10.0 Å². The number of aryl methyl sites for hydroxylation is 1. The summed E-state index contributed by atoms with van der Waals surface area (Å²) in [5.74, 6) is -1.27. The Morgan fingerprint density at radius 2 is 1.74 bits per heavy atom. The van der Waals surface area contributed by atoms with Gasteiger partial charge in [-0.2, -0.15) is 0 Å². The van der Waals surface area contributed by atoms with Crippen LogP contribution >= 0.6 is 35.0 Å². The van der Waals surface area contributed by atoms with Crippen LogP contribution in [0.5, 0.6) is 0 Å². The maximum absolute atomic E-state index is 13.0. The highest BCUT2D eigenvalue weighted by molar-refractivity contribution is 7.99. The monoisotopic (exact) mass is 472 g/mol. The summed E-state index contributed by atoms with van der Waals surface area (Å²) in [4.78, 5) is 39.4. The van der Waals surface area contributed by atoms with Gasteiger partial charge >= 0.3 is 6.03 Å². The standard InChI is InChI=1S/C22H14Cl2N2O4S/c1-12-2-5-14(10-18(12)24)26-21(28)17(20(27)25-22(26)29)11-15-6-9-19(30-15)31-16-7-3-13(23)4-8-16/h2-11H,1H3,(H,25,27,29). The number of nitrogens with zero attached hydrogens (tertiary/aromatic N) is 1. The van der Waals surface area contributed by atoms with E-state index >= 15 is 0 Å². The molecule has 4 amide bonds. The molecule has 0 bridgehead atoms. The number of carbonyl (C=O) groups is 3. The second-order valence-electron chi connectivity index (χ2n) is 6.60. The van der Waals surface area contributed by atoms with Gasteiger partial charge in [-0.1, -0.05) is 41.0 Å². The molecule has 1 aliphatic rings. The number of furan rings is 1. The van der Waals surface area contributed by atoms with Gasteiger partial charge < -0.3 is 4.42 Å². The minimum Gasteiger partial charge on any atom is -0.450 e. The second kappa shape index (κ2) is 8.63. The molecule has 1 N–H and O–H groups in total. The van der Waals surface area contributed by atoms with Crippen LogP contribution in [0.1, 0.15) is 11.3 Å². The predicted octanol–water partition coefficient (Wildman–Crippen LogP) is 5.71. The van der Waals surface area contributed by atoms with Crippen molar-refractivity contribution in [2.45, 2.75) is 16.9 Å². The minimum absolute atomic E-state index is 0.228. The number of barbiturate groups is 1. The number of anilines is 1. The van der Waals surface area contributed by atoms with Gasteiger partial charge in [-0.25, -0.2) is 9.69 Å². The van der Waals surface area contributed by atoms with Crippen molar-refractivity contribution in [1.82, 2.24) is 5.32 Å². The van der Waals surface area contributed by atoms with Gasteiger partial charge in [-0.3, -0.25) is 14.9 Å². The molecule has 0 spiro atoms.